The van der Waals surface area contributed by atoms with E-state index in [0.717, 1.165) is 37.9 Å². The Hall–Kier alpha value is -2.21. The fraction of sp³-hybridized carbons (Fsp3) is 0.500. The van der Waals surface area contributed by atoms with E-state index >= 15 is 0 Å². The zero-order chi connectivity index (χ0) is 16.9. The third kappa shape index (κ3) is 3.82. The largest absolute Gasteiger partial charge is 0.426 e. The zero-order valence-corrected chi connectivity index (χ0v) is 14.0. The van der Waals surface area contributed by atoms with Gasteiger partial charge in [0, 0.05) is 12.2 Å². The van der Waals surface area contributed by atoms with Gasteiger partial charge in [-0.3, -0.25) is 4.79 Å². The number of carbonyl (C=O) groups excluding carboxylic acids is 1. The summed E-state index contributed by atoms with van der Waals surface area (Å²) in [5, 5.41) is 4.00. The van der Waals surface area contributed by atoms with E-state index in [1.807, 2.05) is 26.0 Å². The van der Waals surface area contributed by atoms with Crippen LogP contribution in [0, 0.1) is 5.92 Å². The number of ether oxygens (including phenoxy) is 2. The Labute approximate surface area is 141 Å². The van der Waals surface area contributed by atoms with Gasteiger partial charge in [-0.05, 0) is 43.5 Å². The van der Waals surface area contributed by atoms with Gasteiger partial charge in [0.15, 0.2) is 0 Å². The predicted octanol–water partition coefficient (Wildman–Crippen LogP) is 3.93. The van der Waals surface area contributed by atoms with E-state index in [9.17, 15) is 4.79 Å². The Morgan fingerprint density at radius 2 is 2.17 bits per heavy atom. The molecule has 0 bridgehead atoms. The van der Waals surface area contributed by atoms with E-state index in [4.69, 9.17) is 14.0 Å². The number of hydrogen-bond acceptors (Lipinski definition) is 6. The highest BCUT2D eigenvalue weighted by Gasteiger charge is 2.24. The number of hydrogen-bond donors (Lipinski definition) is 0. The summed E-state index contributed by atoms with van der Waals surface area (Å²) in [5.41, 5.74) is 0.810. The van der Waals surface area contributed by atoms with Crippen molar-refractivity contribution < 1.29 is 18.8 Å². The number of esters is 1. The fourth-order valence-corrected chi connectivity index (χ4v) is 2.70. The number of nitrogens with zero attached hydrogens (tertiary/aromatic N) is 2. The van der Waals surface area contributed by atoms with Gasteiger partial charge >= 0.3 is 5.97 Å². The third-order valence-electron chi connectivity index (χ3n) is 4.10. The first-order valence-electron chi connectivity index (χ1n) is 8.44. The van der Waals surface area contributed by atoms with E-state index < -0.39 is 0 Å². The Morgan fingerprint density at radius 3 is 2.83 bits per heavy atom. The summed E-state index contributed by atoms with van der Waals surface area (Å²) in [6, 6.07) is 7.12. The predicted molar refractivity (Wildman–Crippen MR) is 87.4 cm³/mol. The molecule has 1 aromatic heterocycles. The van der Waals surface area contributed by atoms with Crippen LogP contribution in [-0.4, -0.2) is 22.7 Å². The minimum atomic E-state index is -0.204. The maximum Gasteiger partial charge on any atom is 0.314 e. The lowest BCUT2D eigenvalue weighted by Crippen LogP contribution is -2.17. The van der Waals surface area contributed by atoms with Crippen molar-refractivity contribution >= 4 is 5.97 Å². The van der Waals surface area contributed by atoms with Crippen LogP contribution in [0.1, 0.15) is 51.5 Å². The fourth-order valence-electron chi connectivity index (χ4n) is 2.70. The van der Waals surface area contributed by atoms with Gasteiger partial charge in [0.1, 0.15) is 11.9 Å². The van der Waals surface area contributed by atoms with Crippen molar-refractivity contribution in [3.63, 3.8) is 0 Å². The van der Waals surface area contributed by atoms with E-state index in [2.05, 4.69) is 10.1 Å². The highest BCUT2D eigenvalue weighted by atomic mass is 16.5. The number of aromatic nitrogens is 2. The first kappa shape index (κ1) is 16.6. The average Bonchev–Trinajstić information content (AvgIpc) is 3.27. The van der Waals surface area contributed by atoms with Crippen LogP contribution >= 0.6 is 0 Å². The second-order valence-electron chi connectivity index (χ2n) is 6.09. The summed E-state index contributed by atoms with van der Waals surface area (Å²) in [6.07, 6.45) is 3.61. The molecule has 2 heterocycles. The Balaban J connectivity index is 1.65. The standard InChI is InChI=1S/C18H22N2O4/c1-3-5-12(2)18(21)23-14-9-7-13(8-10-14)16-19-17(24-20-16)15-6-4-11-22-15/h7-10,12,15H,3-6,11H2,1-2H3. The number of rotatable bonds is 6. The van der Waals surface area contributed by atoms with Crippen molar-refractivity contribution in [3.05, 3.63) is 30.2 Å². The maximum atomic E-state index is 11.9. The third-order valence-corrected chi connectivity index (χ3v) is 4.10. The molecule has 1 aromatic carbocycles. The highest BCUT2D eigenvalue weighted by molar-refractivity contribution is 5.74. The summed E-state index contributed by atoms with van der Waals surface area (Å²) >= 11 is 0. The molecule has 6 heteroatoms. The van der Waals surface area contributed by atoms with Crippen LogP contribution in [0.15, 0.2) is 28.8 Å². The van der Waals surface area contributed by atoms with Crippen LogP contribution in [0.2, 0.25) is 0 Å². The van der Waals surface area contributed by atoms with Gasteiger partial charge in [0.2, 0.25) is 5.82 Å². The Morgan fingerprint density at radius 1 is 1.38 bits per heavy atom. The molecule has 0 N–H and O–H groups in total. The smallest absolute Gasteiger partial charge is 0.314 e. The van der Waals surface area contributed by atoms with Crippen LogP contribution in [-0.2, 0) is 9.53 Å². The molecular weight excluding hydrogens is 308 g/mol. The second-order valence-corrected chi connectivity index (χ2v) is 6.09. The normalized spacial score (nSPS) is 18.5. The summed E-state index contributed by atoms with van der Waals surface area (Å²) < 4.78 is 16.2. The number of benzene rings is 1. The molecule has 0 aliphatic carbocycles. The van der Waals surface area contributed by atoms with E-state index in [1.165, 1.54) is 0 Å². The van der Waals surface area contributed by atoms with Crippen molar-refractivity contribution in [2.45, 2.75) is 45.6 Å². The van der Waals surface area contributed by atoms with Crippen LogP contribution in [0.25, 0.3) is 11.4 Å². The maximum absolute atomic E-state index is 11.9. The first-order chi connectivity index (χ1) is 11.7. The molecule has 0 amide bonds. The molecule has 2 aromatic rings. The minimum Gasteiger partial charge on any atom is -0.426 e. The summed E-state index contributed by atoms with van der Waals surface area (Å²) in [7, 11) is 0. The van der Waals surface area contributed by atoms with Crippen molar-refractivity contribution in [2.24, 2.45) is 5.92 Å². The van der Waals surface area contributed by atoms with Gasteiger partial charge in [0.05, 0.1) is 5.92 Å². The van der Waals surface area contributed by atoms with Crippen LogP contribution in [0.5, 0.6) is 5.75 Å². The molecule has 1 aliphatic heterocycles. The Kier molecular flexibility index (Phi) is 5.25. The average molecular weight is 330 g/mol. The molecule has 0 spiro atoms. The molecule has 0 saturated carbocycles. The molecule has 1 aliphatic rings. The Bertz CT molecular complexity index is 675. The van der Waals surface area contributed by atoms with Gasteiger partial charge in [-0.1, -0.05) is 25.4 Å². The molecule has 24 heavy (non-hydrogen) atoms. The minimum absolute atomic E-state index is 0.0912. The summed E-state index contributed by atoms with van der Waals surface area (Å²) in [4.78, 5) is 16.3. The second kappa shape index (κ2) is 7.57. The molecule has 1 saturated heterocycles. The molecular formula is C18H22N2O4. The topological polar surface area (TPSA) is 74.5 Å². The lowest BCUT2D eigenvalue weighted by Gasteiger charge is -2.10. The van der Waals surface area contributed by atoms with E-state index in [-0.39, 0.29) is 18.0 Å². The van der Waals surface area contributed by atoms with Gasteiger partial charge in [-0.2, -0.15) is 4.98 Å². The van der Waals surface area contributed by atoms with Crippen molar-refractivity contribution in [1.29, 1.82) is 0 Å². The van der Waals surface area contributed by atoms with Crippen LogP contribution in [0.3, 0.4) is 0 Å². The quantitative estimate of drug-likeness (QED) is 0.590. The summed E-state index contributed by atoms with van der Waals surface area (Å²) in [6.45, 7) is 4.67. The molecule has 3 rings (SSSR count). The monoisotopic (exact) mass is 330 g/mol. The van der Waals surface area contributed by atoms with Crippen molar-refractivity contribution in [1.82, 2.24) is 10.1 Å². The molecule has 0 radical (unpaired) electrons. The number of carbonyl (C=O) groups is 1. The van der Waals surface area contributed by atoms with E-state index in [0.29, 0.717) is 17.5 Å². The van der Waals surface area contributed by atoms with Gasteiger partial charge in [0.25, 0.3) is 5.89 Å². The lowest BCUT2D eigenvalue weighted by molar-refractivity contribution is -0.138. The van der Waals surface area contributed by atoms with Crippen LogP contribution < -0.4 is 4.74 Å². The zero-order valence-electron chi connectivity index (χ0n) is 14.0. The molecule has 128 valence electrons. The summed E-state index contributed by atoms with van der Waals surface area (Å²) in [5.74, 6) is 1.25. The molecule has 6 nitrogen and oxygen atoms in total. The molecule has 2 atom stereocenters. The van der Waals surface area contributed by atoms with Crippen molar-refractivity contribution in [3.8, 4) is 17.1 Å². The van der Waals surface area contributed by atoms with Crippen LogP contribution in [0.4, 0.5) is 0 Å². The lowest BCUT2D eigenvalue weighted by atomic mass is 10.1. The first-order valence-corrected chi connectivity index (χ1v) is 8.44. The SMILES string of the molecule is CCCC(C)C(=O)Oc1ccc(-c2noc(C3CCCO3)n2)cc1. The van der Waals surface area contributed by atoms with Gasteiger partial charge in [-0.25, -0.2) is 0 Å². The van der Waals surface area contributed by atoms with E-state index in [1.54, 1.807) is 12.1 Å². The van der Waals surface area contributed by atoms with Gasteiger partial charge in [-0.15, -0.1) is 0 Å². The molecule has 1 fully saturated rings. The van der Waals surface area contributed by atoms with Gasteiger partial charge < -0.3 is 14.0 Å². The van der Waals surface area contributed by atoms with Crippen molar-refractivity contribution in [2.75, 3.05) is 6.61 Å². The molecule has 2 unspecified atom stereocenters. The highest BCUT2D eigenvalue weighted by Crippen LogP contribution is 2.29.